The normalized spacial score (nSPS) is 10.8. The second-order valence-corrected chi connectivity index (χ2v) is 8.61. The van der Waals surface area contributed by atoms with E-state index in [4.69, 9.17) is 17.3 Å². The van der Waals surface area contributed by atoms with Crippen LogP contribution in [0.4, 0.5) is 11.5 Å². The first kappa shape index (κ1) is 23.7. The maximum Gasteiger partial charge on any atom is 0.330 e. The topological polar surface area (TPSA) is 101 Å². The second-order valence-electron chi connectivity index (χ2n) is 7.18. The maximum absolute atomic E-state index is 13.2. The number of unbranched alkanes of at least 4 members (excludes halogenated alkanes) is 1. The average Bonchev–Trinajstić information content (AvgIpc) is 2.78. The minimum atomic E-state index is -0.677. The quantitative estimate of drug-likeness (QED) is 0.462. The van der Waals surface area contributed by atoms with E-state index in [9.17, 15) is 14.4 Å². The molecule has 3 N–H and O–H groups in total. The van der Waals surface area contributed by atoms with Crippen LogP contribution in [0.2, 0.25) is 5.02 Å². The number of hydrogen-bond acceptors (Lipinski definition) is 5. The number of anilines is 2. The van der Waals surface area contributed by atoms with Crippen molar-refractivity contribution in [1.82, 2.24) is 9.55 Å². The first-order chi connectivity index (χ1) is 15.4. The number of hydrogen-bond donors (Lipinski definition) is 2. The molecule has 2 aromatic carbocycles. The minimum absolute atomic E-state index is 0.00117. The largest absolute Gasteiger partial charge is 0.383 e. The van der Waals surface area contributed by atoms with Gasteiger partial charge in [-0.1, -0.05) is 67.4 Å². The van der Waals surface area contributed by atoms with Crippen molar-refractivity contribution in [3.63, 3.8) is 0 Å². The monoisotopic (exact) mass is 472 g/mol. The molecule has 0 bridgehead atoms. The molecule has 1 amide bonds. The van der Waals surface area contributed by atoms with Crippen molar-refractivity contribution in [2.24, 2.45) is 0 Å². The van der Waals surface area contributed by atoms with Gasteiger partial charge in [0.25, 0.3) is 5.56 Å². The van der Waals surface area contributed by atoms with Crippen LogP contribution < -0.4 is 21.9 Å². The number of thioether (sulfide) groups is 1. The number of H-pyrrole nitrogens is 1. The molecule has 32 heavy (non-hydrogen) atoms. The van der Waals surface area contributed by atoms with Gasteiger partial charge >= 0.3 is 5.69 Å². The molecule has 0 aliphatic rings. The van der Waals surface area contributed by atoms with E-state index in [2.05, 4.69) is 4.98 Å². The molecule has 168 valence electrons. The summed E-state index contributed by atoms with van der Waals surface area (Å²) in [6.07, 6.45) is 1.50. The predicted molar refractivity (Wildman–Crippen MR) is 131 cm³/mol. The van der Waals surface area contributed by atoms with E-state index in [-0.39, 0.29) is 29.7 Å². The Hall–Kier alpha value is -2.97. The van der Waals surface area contributed by atoms with Crippen LogP contribution in [0, 0.1) is 0 Å². The van der Waals surface area contributed by atoms with Gasteiger partial charge in [-0.25, -0.2) is 4.79 Å². The van der Waals surface area contributed by atoms with E-state index in [0.717, 1.165) is 16.9 Å². The Labute approximate surface area is 195 Å². The fourth-order valence-corrected chi connectivity index (χ4v) is 4.33. The van der Waals surface area contributed by atoms with Crippen molar-refractivity contribution >= 4 is 40.8 Å². The molecule has 3 rings (SSSR count). The standard InChI is InChI=1S/C23H25ClN4O3S/c1-2-3-13-27(19(29)15-32-18-12-8-7-11-17(18)24)20-21(25)28(23(31)26-22(20)30)14-16-9-5-4-6-10-16/h4-12H,2-3,13-15,25H2,1H3,(H,26,30,31). The zero-order chi connectivity index (χ0) is 23.1. The molecule has 7 nitrogen and oxygen atoms in total. The molecule has 0 aliphatic carbocycles. The first-order valence-electron chi connectivity index (χ1n) is 10.3. The van der Waals surface area contributed by atoms with Gasteiger partial charge in [-0.15, -0.1) is 11.8 Å². The Morgan fingerprint density at radius 1 is 1.12 bits per heavy atom. The molecular formula is C23H25ClN4O3S. The van der Waals surface area contributed by atoms with Crippen LogP contribution in [0.25, 0.3) is 0 Å². The molecular weight excluding hydrogens is 448 g/mol. The highest BCUT2D eigenvalue weighted by Crippen LogP contribution is 2.28. The number of carbonyl (C=O) groups excluding carboxylic acids is 1. The highest BCUT2D eigenvalue weighted by atomic mass is 35.5. The fourth-order valence-electron chi connectivity index (χ4n) is 3.22. The van der Waals surface area contributed by atoms with Gasteiger partial charge in [0.1, 0.15) is 5.82 Å². The molecule has 0 aliphatic heterocycles. The average molecular weight is 473 g/mol. The van der Waals surface area contributed by atoms with E-state index >= 15 is 0 Å². The summed E-state index contributed by atoms with van der Waals surface area (Å²) in [5.74, 6) is -0.246. The number of carbonyl (C=O) groups is 1. The van der Waals surface area contributed by atoms with Gasteiger partial charge < -0.3 is 10.6 Å². The van der Waals surface area contributed by atoms with E-state index in [1.54, 1.807) is 6.07 Å². The number of nitrogens with two attached hydrogens (primary N) is 1. The van der Waals surface area contributed by atoms with Crippen molar-refractivity contribution in [3.8, 4) is 0 Å². The van der Waals surface area contributed by atoms with Crippen molar-refractivity contribution in [1.29, 1.82) is 0 Å². The number of benzene rings is 2. The molecule has 3 aromatic rings. The zero-order valence-corrected chi connectivity index (χ0v) is 19.3. The lowest BCUT2D eigenvalue weighted by atomic mass is 10.2. The van der Waals surface area contributed by atoms with Crippen LogP contribution in [0.15, 0.2) is 69.1 Å². The third kappa shape index (κ3) is 5.63. The molecule has 1 heterocycles. The van der Waals surface area contributed by atoms with E-state index in [0.29, 0.717) is 18.0 Å². The molecule has 0 fully saturated rings. The first-order valence-corrected chi connectivity index (χ1v) is 11.6. The predicted octanol–water partition coefficient (Wildman–Crippen LogP) is 3.75. The van der Waals surface area contributed by atoms with E-state index in [1.165, 1.54) is 21.2 Å². The number of rotatable bonds is 9. The molecule has 1 aromatic heterocycles. The lowest BCUT2D eigenvalue weighted by Gasteiger charge is -2.24. The van der Waals surface area contributed by atoms with Crippen molar-refractivity contribution in [3.05, 3.63) is 86.0 Å². The number of amides is 1. The summed E-state index contributed by atoms with van der Waals surface area (Å²) in [5, 5.41) is 0.555. The van der Waals surface area contributed by atoms with Crippen LogP contribution in [0.1, 0.15) is 25.3 Å². The van der Waals surface area contributed by atoms with Crippen LogP contribution in [0.3, 0.4) is 0 Å². The Morgan fingerprint density at radius 2 is 1.81 bits per heavy atom. The summed E-state index contributed by atoms with van der Waals surface area (Å²) in [6.45, 7) is 2.49. The number of aromatic amines is 1. The van der Waals surface area contributed by atoms with Gasteiger partial charge in [0.15, 0.2) is 5.69 Å². The number of aromatic nitrogens is 2. The van der Waals surface area contributed by atoms with Gasteiger partial charge in [0, 0.05) is 11.4 Å². The van der Waals surface area contributed by atoms with Gasteiger partial charge in [-0.3, -0.25) is 19.1 Å². The summed E-state index contributed by atoms with van der Waals surface area (Å²) in [7, 11) is 0. The van der Waals surface area contributed by atoms with Crippen molar-refractivity contribution in [2.45, 2.75) is 31.2 Å². The number of halogens is 1. The van der Waals surface area contributed by atoms with Crippen molar-refractivity contribution < 1.29 is 4.79 Å². The van der Waals surface area contributed by atoms with Crippen LogP contribution in [0.5, 0.6) is 0 Å². The molecule has 0 radical (unpaired) electrons. The summed E-state index contributed by atoms with van der Waals surface area (Å²) >= 11 is 7.48. The molecule has 0 atom stereocenters. The van der Waals surface area contributed by atoms with Gasteiger partial charge in [-0.2, -0.15) is 0 Å². The van der Waals surface area contributed by atoms with E-state index in [1.807, 2.05) is 55.5 Å². The summed E-state index contributed by atoms with van der Waals surface area (Å²) in [6, 6.07) is 16.5. The highest BCUT2D eigenvalue weighted by Gasteiger charge is 2.24. The molecule has 9 heteroatoms. The second kappa shape index (κ2) is 11.1. The number of nitrogens with zero attached hydrogens (tertiary/aromatic N) is 2. The lowest BCUT2D eigenvalue weighted by molar-refractivity contribution is -0.116. The lowest BCUT2D eigenvalue weighted by Crippen LogP contribution is -2.42. The van der Waals surface area contributed by atoms with Gasteiger partial charge in [0.2, 0.25) is 5.91 Å². The Kier molecular flexibility index (Phi) is 8.19. The summed E-state index contributed by atoms with van der Waals surface area (Å²) in [5.41, 5.74) is 5.85. The Balaban J connectivity index is 1.94. The summed E-state index contributed by atoms with van der Waals surface area (Å²) < 4.78 is 1.28. The van der Waals surface area contributed by atoms with Crippen LogP contribution >= 0.6 is 23.4 Å². The maximum atomic E-state index is 13.2. The smallest absolute Gasteiger partial charge is 0.330 e. The van der Waals surface area contributed by atoms with Gasteiger partial charge in [0.05, 0.1) is 17.3 Å². The third-order valence-corrected chi connectivity index (χ3v) is 6.39. The third-order valence-electron chi connectivity index (χ3n) is 4.89. The number of nitrogens with one attached hydrogen (secondary N) is 1. The summed E-state index contributed by atoms with van der Waals surface area (Å²) in [4.78, 5) is 42.8. The highest BCUT2D eigenvalue weighted by molar-refractivity contribution is 8.00. The zero-order valence-electron chi connectivity index (χ0n) is 17.7. The minimum Gasteiger partial charge on any atom is -0.383 e. The van der Waals surface area contributed by atoms with Gasteiger partial charge in [-0.05, 0) is 24.1 Å². The van der Waals surface area contributed by atoms with E-state index < -0.39 is 11.2 Å². The Bertz CT molecular complexity index is 1190. The van der Waals surface area contributed by atoms with Crippen LogP contribution in [-0.2, 0) is 11.3 Å². The SMILES string of the molecule is CCCCN(C(=O)CSc1ccccc1Cl)c1c(N)n(Cc2ccccc2)c(=O)[nH]c1=O. The van der Waals surface area contributed by atoms with Crippen molar-refractivity contribution in [2.75, 3.05) is 22.9 Å². The molecule has 0 saturated carbocycles. The molecule has 0 spiro atoms. The molecule has 0 unspecified atom stereocenters. The number of nitrogen functional groups attached to an aromatic ring is 1. The fraction of sp³-hybridized carbons (Fsp3) is 0.261. The van der Waals surface area contributed by atoms with Crippen LogP contribution in [-0.4, -0.2) is 27.8 Å². The Morgan fingerprint density at radius 3 is 2.50 bits per heavy atom. The molecule has 0 saturated heterocycles.